The van der Waals surface area contributed by atoms with Crippen LogP contribution >= 0.6 is 9.24 Å². The Kier molecular flexibility index (Phi) is 5.46. The van der Waals surface area contributed by atoms with Crippen LogP contribution in [-0.2, 0) is 0 Å². The molecule has 1 atom stereocenters. The molecule has 2 heterocycles. The largest absolute Gasteiger partial charge is 0.573 e. The van der Waals surface area contributed by atoms with Gasteiger partial charge in [0, 0.05) is 17.4 Å². The zero-order valence-corrected chi connectivity index (χ0v) is 18.3. The van der Waals surface area contributed by atoms with Crippen LogP contribution in [0.5, 0.6) is 5.75 Å². The van der Waals surface area contributed by atoms with Crippen LogP contribution in [0.1, 0.15) is 21.6 Å². The molecule has 0 spiro atoms. The van der Waals surface area contributed by atoms with Crippen molar-refractivity contribution < 1.29 is 22.7 Å². The van der Waals surface area contributed by atoms with Gasteiger partial charge in [0.25, 0.3) is 5.91 Å². The van der Waals surface area contributed by atoms with Gasteiger partial charge < -0.3 is 14.6 Å². The van der Waals surface area contributed by atoms with Crippen LogP contribution in [0.15, 0.2) is 53.3 Å². The van der Waals surface area contributed by atoms with Crippen LogP contribution in [0.4, 0.5) is 30.2 Å². The van der Waals surface area contributed by atoms with E-state index in [-0.39, 0.29) is 17.8 Å². The summed E-state index contributed by atoms with van der Waals surface area (Å²) in [6.45, 7) is 3.67. The van der Waals surface area contributed by atoms with E-state index in [2.05, 4.69) is 19.0 Å². The number of carbonyl (C=O) groups is 1. The highest BCUT2D eigenvalue weighted by Crippen LogP contribution is 2.39. The highest BCUT2D eigenvalue weighted by atomic mass is 31.0. The van der Waals surface area contributed by atoms with Crippen molar-refractivity contribution in [3.8, 4) is 5.75 Å². The summed E-state index contributed by atoms with van der Waals surface area (Å²) in [7, 11) is 2.61. The maximum absolute atomic E-state index is 13.4. The number of ether oxygens (including phenoxy) is 1. The summed E-state index contributed by atoms with van der Waals surface area (Å²) in [5.41, 5.74) is 2.83. The Morgan fingerprint density at radius 2 is 1.62 bits per heavy atom. The Labute approximate surface area is 183 Å². The lowest BCUT2D eigenvalue weighted by Crippen LogP contribution is -2.45. The van der Waals surface area contributed by atoms with Gasteiger partial charge in [-0.05, 0) is 55.0 Å². The number of halogens is 3. The van der Waals surface area contributed by atoms with Gasteiger partial charge in [0.15, 0.2) is 0 Å². The second-order valence-electron chi connectivity index (χ2n) is 7.41. The van der Waals surface area contributed by atoms with Crippen LogP contribution in [0.2, 0.25) is 0 Å². The third kappa shape index (κ3) is 4.21. The molecule has 4 rings (SSSR count). The smallest absolute Gasteiger partial charge is 0.406 e. The lowest BCUT2D eigenvalue weighted by Gasteiger charge is -2.39. The molecule has 6 nitrogen and oxygen atoms in total. The van der Waals surface area contributed by atoms with Gasteiger partial charge in [-0.1, -0.05) is 12.1 Å². The van der Waals surface area contributed by atoms with Crippen molar-refractivity contribution in [2.75, 3.05) is 16.5 Å². The first kappa shape index (κ1) is 21.9. The average Bonchev–Trinajstić information content (AvgIpc) is 2.68. The first-order valence-electron chi connectivity index (χ1n) is 9.59. The van der Waals surface area contributed by atoms with E-state index in [1.807, 2.05) is 30.0 Å². The predicted octanol–water partition coefficient (Wildman–Crippen LogP) is 4.15. The maximum atomic E-state index is 13.4. The predicted molar refractivity (Wildman–Crippen MR) is 119 cm³/mol. The number of fused-ring (bicyclic) bond motifs is 1. The first-order chi connectivity index (χ1) is 15.0. The number of anilines is 3. The number of H-pyrrole nitrogens is 1. The van der Waals surface area contributed by atoms with E-state index < -0.39 is 18.0 Å². The van der Waals surface area contributed by atoms with Gasteiger partial charge in [0.05, 0.1) is 16.9 Å². The number of rotatable bonds is 3. The van der Waals surface area contributed by atoms with Crippen molar-refractivity contribution in [1.29, 1.82) is 0 Å². The zero-order chi connectivity index (χ0) is 23.2. The number of aryl methyl sites for hydroxylation is 2. The topological polar surface area (TPSA) is 65.6 Å². The molecular formula is C22H19F3N3O3P. The monoisotopic (exact) mass is 461 g/mol. The number of carbonyl (C=O) groups excluding carboxylic acids is 1. The number of nitrogens with one attached hydrogen (secondary N) is 1. The molecule has 3 aromatic rings. The number of aromatic amines is 1. The number of aromatic nitrogens is 1. The number of amides is 1. The summed E-state index contributed by atoms with van der Waals surface area (Å²) in [4.78, 5) is 30.9. The fraction of sp³-hybridized carbons (Fsp3) is 0.182. The summed E-state index contributed by atoms with van der Waals surface area (Å²) in [6, 6.07) is 12.3. The molecule has 0 saturated heterocycles. The van der Waals surface area contributed by atoms with E-state index in [0.717, 1.165) is 22.6 Å². The Morgan fingerprint density at radius 1 is 0.938 bits per heavy atom. The van der Waals surface area contributed by atoms with Crippen LogP contribution in [0.3, 0.4) is 0 Å². The second-order valence-corrected chi connectivity index (χ2v) is 8.07. The molecule has 1 amide bonds. The Morgan fingerprint density at radius 3 is 2.28 bits per heavy atom. The van der Waals surface area contributed by atoms with Gasteiger partial charge in [0.1, 0.15) is 12.4 Å². The Bertz CT molecular complexity index is 1270. The number of pyridine rings is 1. The van der Waals surface area contributed by atoms with E-state index in [4.69, 9.17) is 0 Å². The SMILES string of the molecule is Cc1cc(P)ccc1N1CN(c2ccc(=O)[nH]c2C)C(=O)c2cc(OC(F)(F)F)ccc21. The standard InChI is InChI=1S/C22H19F3N3O3P/c1-12-9-15(32)4-6-17(12)27-11-28(18-7-8-20(29)26-13(18)2)21(30)16-10-14(3-5-19(16)27)31-22(23,24)25/h3-10H,11,32H2,1-2H3,(H,26,29). The number of nitrogens with zero attached hydrogens (tertiary/aromatic N) is 2. The van der Waals surface area contributed by atoms with E-state index in [9.17, 15) is 22.8 Å². The number of alkyl halides is 3. The maximum Gasteiger partial charge on any atom is 0.573 e. The minimum absolute atomic E-state index is 0.0537. The molecule has 0 aliphatic carbocycles. The fourth-order valence-electron chi connectivity index (χ4n) is 3.78. The summed E-state index contributed by atoms with van der Waals surface area (Å²) < 4.78 is 42.4. The molecule has 2 aromatic carbocycles. The van der Waals surface area contributed by atoms with Gasteiger partial charge in [0.2, 0.25) is 5.56 Å². The molecule has 10 heteroatoms. The van der Waals surface area contributed by atoms with Gasteiger partial charge in [-0.3, -0.25) is 14.5 Å². The van der Waals surface area contributed by atoms with Gasteiger partial charge in [-0.25, -0.2) is 0 Å². The lowest BCUT2D eigenvalue weighted by atomic mass is 10.0. The Hall–Kier alpha value is -3.32. The third-order valence-electron chi connectivity index (χ3n) is 5.14. The van der Waals surface area contributed by atoms with E-state index in [0.29, 0.717) is 17.1 Å². The minimum Gasteiger partial charge on any atom is -0.406 e. The number of benzene rings is 2. The Balaban J connectivity index is 1.88. The molecule has 1 aliphatic heterocycles. The summed E-state index contributed by atoms with van der Waals surface area (Å²) in [6.07, 6.45) is -4.88. The molecule has 1 aliphatic rings. The van der Waals surface area contributed by atoms with Gasteiger partial charge >= 0.3 is 6.36 Å². The molecule has 0 saturated carbocycles. The van der Waals surface area contributed by atoms with Gasteiger partial charge in [-0.2, -0.15) is 0 Å². The molecule has 32 heavy (non-hydrogen) atoms. The van der Waals surface area contributed by atoms with Crippen molar-refractivity contribution in [1.82, 2.24) is 4.98 Å². The van der Waals surface area contributed by atoms with E-state index >= 15 is 0 Å². The average molecular weight is 461 g/mol. The minimum atomic E-state index is -4.88. The molecule has 0 fully saturated rings. The van der Waals surface area contributed by atoms with Crippen molar-refractivity contribution in [3.63, 3.8) is 0 Å². The molecular weight excluding hydrogens is 442 g/mol. The molecule has 0 radical (unpaired) electrons. The van der Waals surface area contributed by atoms with Crippen molar-refractivity contribution in [2.24, 2.45) is 0 Å². The third-order valence-corrected chi connectivity index (χ3v) is 5.50. The van der Waals surface area contributed by atoms with Crippen LogP contribution in [0.25, 0.3) is 0 Å². The van der Waals surface area contributed by atoms with E-state index in [1.165, 1.54) is 29.2 Å². The first-order valence-corrected chi connectivity index (χ1v) is 10.2. The highest BCUT2D eigenvalue weighted by Gasteiger charge is 2.35. The highest BCUT2D eigenvalue weighted by molar-refractivity contribution is 7.27. The molecule has 1 unspecified atom stereocenters. The molecule has 1 aromatic heterocycles. The fourth-order valence-corrected chi connectivity index (χ4v) is 4.13. The van der Waals surface area contributed by atoms with Crippen LogP contribution < -0.4 is 25.4 Å². The summed E-state index contributed by atoms with van der Waals surface area (Å²) >= 11 is 0. The summed E-state index contributed by atoms with van der Waals surface area (Å²) in [5.74, 6) is -0.985. The number of hydrogen-bond acceptors (Lipinski definition) is 4. The van der Waals surface area contributed by atoms with Crippen LogP contribution in [0, 0.1) is 13.8 Å². The zero-order valence-electron chi connectivity index (χ0n) is 17.2. The lowest BCUT2D eigenvalue weighted by molar-refractivity contribution is -0.274. The van der Waals surface area contributed by atoms with Crippen molar-refractivity contribution >= 4 is 37.5 Å². The quantitative estimate of drug-likeness (QED) is 0.596. The molecule has 0 bridgehead atoms. The normalized spacial score (nSPS) is 13.9. The number of hydrogen-bond donors (Lipinski definition) is 1. The van der Waals surface area contributed by atoms with Crippen molar-refractivity contribution in [2.45, 2.75) is 20.2 Å². The molecule has 1 N–H and O–H groups in total. The van der Waals surface area contributed by atoms with E-state index in [1.54, 1.807) is 6.92 Å². The second kappa shape index (κ2) is 7.98. The van der Waals surface area contributed by atoms with Crippen molar-refractivity contribution in [3.05, 3.63) is 75.7 Å². The summed E-state index contributed by atoms with van der Waals surface area (Å²) in [5, 5.41) is 0.974. The van der Waals surface area contributed by atoms with Crippen LogP contribution in [-0.4, -0.2) is 23.9 Å². The molecule has 166 valence electrons. The van der Waals surface area contributed by atoms with Gasteiger partial charge in [-0.15, -0.1) is 22.4 Å².